The lowest BCUT2D eigenvalue weighted by atomic mass is 9.87. The number of pyridine rings is 1. The van der Waals surface area contributed by atoms with Crippen molar-refractivity contribution in [3.05, 3.63) is 102 Å². The average molecular weight is 444 g/mol. The fraction of sp³-hybridized carbons (Fsp3) is 0.194. The van der Waals surface area contributed by atoms with E-state index >= 15 is 0 Å². The molecule has 2 aromatic heterocycles. The number of hydrogen-bond donors (Lipinski definition) is 0. The van der Waals surface area contributed by atoms with Crippen molar-refractivity contribution >= 4 is 11.0 Å². The highest BCUT2D eigenvalue weighted by Gasteiger charge is 2.16. The first-order chi connectivity index (χ1) is 16.3. The van der Waals surface area contributed by atoms with E-state index in [2.05, 4.69) is 106 Å². The molecule has 0 aliphatic rings. The van der Waals surface area contributed by atoms with Crippen molar-refractivity contribution in [2.75, 3.05) is 0 Å². The molecule has 0 amide bonds. The third-order valence-corrected chi connectivity index (χ3v) is 6.39. The van der Waals surface area contributed by atoms with Gasteiger partial charge in [0.2, 0.25) is 0 Å². The summed E-state index contributed by atoms with van der Waals surface area (Å²) >= 11 is 0. The van der Waals surface area contributed by atoms with Crippen molar-refractivity contribution in [2.24, 2.45) is 0 Å². The van der Waals surface area contributed by atoms with Gasteiger partial charge in [-0.25, -0.2) is 0 Å². The van der Waals surface area contributed by atoms with Gasteiger partial charge in [-0.2, -0.15) is 0 Å². The molecule has 2 heterocycles. The van der Waals surface area contributed by atoms with E-state index in [4.69, 9.17) is 9.97 Å². The van der Waals surface area contributed by atoms with Crippen LogP contribution >= 0.6 is 0 Å². The lowest BCUT2D eigenvalue weighted by molar-refractivity contribution is 0.589. The third kappa shape index (κ3) is 4.10. The minimum atomic E-state index is 0.0744. The summed E-state index contributed by atoms with van der Waals surface area (Å²) in [5, 5.41) is 0. The minimum absolute atomic E-state index is 0.0744. The number of aryl methyl sites for hydroxylation is 2. The largest absolute Gasteiger partial charge is 0.256 e. The maximum Gasteiger partial charge on any atom is 0.0971 e. The van der Waals surface area contributed by atoms with Crippen LogP contribution in [0.1, 0.15) is 37.5 Å². The highest BCUT2D eigenvalue weighted by molar-refractivity contribution is 6.01. The molecule has 168 valence electrons. The topological polar surface area (TPSA) is 38.7 Å². The zero-order valence-corrected chi connectivity index (χ0v) is 20.4. The average Bonchev–Trinajstić information content (AvgIpc) is 2.83. The molecule has 0 bridgehead atoms. The molecule has 0 radical (unpaired) electrons. The fourth-order valence-corrected chi connectivity index (χ4v) is 4.52. The molecular weight excluding hydrogens is 414 g/mol. The quantitative estimate of drug-likeness (QED) is 0.284. The van der Waals surface area contributed by atoms with E-state index in [1.54, 1.807) is 12.4 Å². The fourth-order valence-electron chi connectivity index (χ4n) is 4.52. The van der Waals surface area contributed by atoms with Crippen molar-refractivity contribution < 1.29 is 0 Å². The van der Waals surface area contributed by atoms with Crippen LogP contribution < -0.4 is 0 Å². The SMILES string of the molecule is Cc1ccc(-c2ccc(-c3cccc(-c4cc(C(C)(C)C)ccn4)c3)c3nccnc23)c(C)c1. The van der Waals surface area contributed by atoms with Crippen molar-refractivity contribution in [2.45, 2.75) is 40.0 Å². The van der Waals surface area contributed by atoms with Gasteiger partial charge in [0, 0.05) is 35.3 Å². The second-order valence-electron chi connectivity index (χ2n) is 9.99. The Hall–Kier alpha value is -3.85. The van der Waals surface area contributed by atoms with Crippen molar-refractivity contribution in [1.82, 2.24) is 15.0 Å². The van der Waals surface area contributed by atoms with E-state index in [1.165, 1.54) is 22.3 Å². The van der Waals surface area contributed by atoms with Gasteiger partial charge in [0.1, 0.15) is 0 Å². The van der Waals surface area contributed by atoms with E-state index in [1.807, 2.05) is 6.20 Å². The Balaban J connectivity index is 1.64. The predicted octanol–water partition coefficient (Wildman–Crippen LogP) is 7.94. The molecule has 3 heteroatoms. The van der Waals surface area contributed by atoms with Gasteiger partial charge in [-0.15, -0.1) is 0 Å². The van der Waals surface area contributed by atoms with Gasteiger partial charge in [-0.3, -0.25) is 15.0 Å². The maximum atomic E-state index is 4.76. The van der Waals surface area contributed by atoms with E-state index < -0.39 is 0 Å². The van der Waals surface area contributed by atoms with E-state index in [-0.39, 0.29) is 5.41 Å². The molecule has 0 aliphatic carbocycles. The van der Waals surface area contributed by atoms with Crippen LogP contribution in [-0.2, 0) is 5.41 Å². The zero-order valence-electron chi connectivity index (χ0n) is 20.4. The minimum Gasteiger partial charge on any atom is -0.256 e. The molecule has 3 nitrogen and oxygen atoms in total. The third-order valence-electron chi connectivity index (χ3n) is 6.39. The van der Waals surface area contributed by atoms with Gasteiger partial charge in [0.15, 0.2) is 0 Å². The summed E-state index contributed by atoms with van der Waals surface area (Å²) in [4.78, 5) is 14.2. The van der Waals surface area contributed by atoms with Crippen LogP contribution in [-0.4, -0.2) is 15.0 Å². The molecule has 0 saturated heterocycles. The van der Waals surface area contributed by atoms with Gasteiger partial charge in [0.25, 0.3) is 0 Å². The van der Waals surface area contributed by atoms with Gasteiger partial charge in [-0.05, 0) is 59.7 Å². The van der Waals surface area contributed by atoms with Gasteiger partial charge >= 0.3 is 0 Å². The van der Waals surface area contributed by atoms with Crippen LogP contribution in [0.3, 0.4) is 0 Å². The monoisotopic (exact) mass is 443 g/mol. The van der Waals surface area contributed by atoms with Crippen LogP contribution in [0.15, 0.2) is 85.3 Å². The summed E-state index contributed by atoms with van der Waals surface area (Å²) in [6.45, 7) is 11.0. The van der Waals surface area contributed by atoms with Crippen LogP contribution in [0, 0.1) is 13.8 Å². The number of hydrogen-bond acceptors (Lipinski definition) is 3. The smallest absolute Gasteiger partial charge is 0.0971 e. The molecule has 0 fully saturated rings. The molecule has 0 aliphatic heterocycles. The molecule has 0 unspecified atom stereocenters. The number of aromatic nitrogens is 3. The lowest BCUT2D eigenvalue weighted by Crippen LogP contribution is -2.11. The molecule has 0 N–H and O–H groups in total. The first-order valence-corrected chi connectivity index (χ1v) is 11.7. The van der Waals surface area contributed by atoms with Crippen LogP contribution in [0.4, 0.5) is 0 Å². The molecule has 5 aromatic rings. The Morgan fingerprint density at radius 2 is 1.26 bits per heavy atom. The van der Waals surface area contributed by atoms with Gasteiger partial charge < -0.3 is 0 Å². The number of rotatable bonds is 3. The first-order valence-electron chi connectivity index (χ1n) is 11.7. The van der Waals surface area contributed by atoms with Crippen LogP contribution in [0.2, 0.25) is 0 Å². The Morgan fingerprint density at radius 1 is 0.588 bits per heavy atom. The molecule has 0 spiro atoms. The van der Waals surface area contributed by atoms with Crippen molar-refractivity contribution in [3.63, 3.8) is 0 Å². The summed E-state index contributed by atoms with van der Waals surface area (Å²) < 4.78 is 0. The molecule has 0 atom stereocenters. The van der Waals surface area contributed by atoms with Gasteiger partial charge in [-0.1, -0.05) is 74.9 Å². The summed E-state index contributed by atoms with van der Waals surface area (Å²) in [5.74, 6) is 0. The Morgan fingerprint density at radius 3 is 2.00 bits per heavy atom. The predicted molar refractivity (Wildman–Crippen MR) is 142 cm³/mol. The Labute approximate surface area is 201 Å². The highest BCUT2D eigenvalue weighted by atomic mass is 14.8. The Bertz CT molecular complexity index is 1510. The second-order valence-corrected chi connectivity index (χ2v) is 9.99. The van der Waals surface area contributed by atoms with Gasteiger partial charge in [0.05, 0.1) is 16.7 Å². The van der Waals surface area contributed by atoms with Crippen LogP contribution in [0.5, 0.6) is 0 Å². The summed E-state index contributed by atoms with van der Waals surface area (Å²) in [5.41, 5.74) is 12.3. The molecular formula is C31H29N3. The number of benzene rings is 3. The molecule has 3 aromatic carbocycles. The molecule has 0 saturated carbocycles. The van der Waals surface area contributed by atoms with Crippen molar-refractivity contribution in [3.8, 4) is 33.5 Å². The van der Waals surface area contributed by atoms with E-state index in [0.29, 0.717) is 0 Å². The maximum absolute atomic E-state index is 4.76. The molecule has 34 heavy (non-hydrogen) atoms. The number of nitrogens with zero attached hydrogens (tertiary/aromatic N) is 3. The van der Waals surface area contributed by atoms with Crippen molar-refractivity contribution in [1.29, 1.82) is 0 Å². The summed E-state index contributed by atoms with van der Waals surface area (Å²) in [7, 11) is 0. The summed E-state index contributed by atoms with van der Waals surface area (Å²) in [6.07, 6.45) is 5.45. The number of fused-ring (bicyclic) bond motifs is 1. The molecule has 5 rings (SSSR count). The Kier molecular flexibility index (Phi) is 5.49. The second kappa shape index (κ2) is 8.49. The lowest BCUT2D eigenvalue weighted by Gasteiger charge is -2.19. The summed E-state index contributed by atoms with van der Waals surface area (Å²) in [6, 6.07) is 23.7. The highest BCUT2D eigenvalue weighted by Crippen LogP contribution is 2.36. The normalized spacial score (nSPS) is 11.7. The first kappa shape index (κ1) is 22.0. The van der Waals surface area contributed by atoms with Crippen LogP contribution in [0.25, 0.3) is 44.5 Å². The standard InChI is InChI=1S/C31H29N3/c1-20-9-10-25(21(2)17-20)27-12-11-26(29-30(27)34-16-15-33-29)22-7-6-8-23(18-22)28-19-24(13-14-32-28)31(3,4)5/h6-19H,1-5H3. The van der Waals surface area contributed by atoms with E-state index in [0.717, 1.165) is 39.0 Å². The zero-order chi connectivity index (χ0) is 23.9. The van der Waals surface area contributed by atoms with E-state index in [9.17, 15) is 0 Å².